The second-order valence-electron chi connectivity index (χ2n) is 4.74. The molecule has 1 aromatic heterocycles. The van der Waals surface area contributed by atoms with Gasteiger partial charge in [-0.2, -0.15) is 23.5 Å². The summed E-state index contributed by atoms with van der Waals surface area (Å²) in [5.74, 6) is -0.196. The predicted molar refractivity (Wildman–Crippen MR) is 65.3 cm³/mol. The molecule has 1 aromatic carbocycles. The van der Waals surface area contributed by atoms with Crippen molar-refractivity contribution in [1.29, 1.82) is 5.26 Å². The molecule has 6 heteroatoms. The molecule has 0 bridgehead atoms. The SMILES string of the molecule is N#Cc1c(C2CC2)c(C(F)(F)F)nn1-c1ccccc1. The van der Waals surface area contributed by atoms with E-state index in [9.17, 15) is 18.4 Å². The summed E-state index contributed by atoms with van der Waals surface area (Å²) < 4.78 is 40.4. The average Bonchev–Trinajstić information content (AvgIpc) is 3.18. The highest BCUT2D eigenvalue weighted by molar-refractivity contribution is 5.47. The van der Waals surface area contributed by atoms with Crippen molar-refractivity contribution in [3.63, 3.8) is 0 Å². The standard InChI is InChI=1S/C14H10F3N3/c15-14(16,17)13-12(9-6-7-9)11(8-18)20(19-13)10-4-2-1-3-5-10/h1-5,9H,6-7H2. The van der Waals surface area contributed by atoms with Crippen LogP contribution in [-0.4, -0.2) is 9.78 Å². The van der Waals surface area contributed by atoms with Crippen LogP contribution in [-0.2, 0) is 6.18 Å². The minimum Gasteiger partial charge on any atom is -0.222 e. The molecule has 20 heavy (non-hydrogen) atoms. The molecule has 0 N–H and O–H groups in total. The van der Waals surface area contributed by atoms with E-state index in [-0.39, 0.29) is 17.2 Å². The van der Waals surface area contributed by atoms with Crippen molar-refractivity contribution in [3.05, 3.63) is 47.3 Å². The number of alkyl halides is 3. The molecule has 0 spiro atoms. The first-order valence-corrected chi connectivity index (χ1v) is 6.18. The topological polar surface area (TPSA) is 41.6 Å². The van der Waals surface area contributed by atoms with Gasteiger partial charge in [-0.15, -0.1) is 0 Å². The lowest BCUT2D eigenvalue weighted by molar-refractivity contribution is -0.142. The molecule has 0 saturated heterocycles. The van der Waals surface area contributed by atoms with Crippen molar-refractivity contribution in [1.82, 2.24) is 9.78 Å². The van der Waals surface area contributed by atoms with Gasteiger partial charge in [-0.05, 0) is 30.9 Å². The zero-order chi connectivity index (χ0) is 14.3. The Morgan fingerprint density at radius 2 is 1.85 bits per heavy atom. The maximum absolute atomic E-state index is 13.1. The van der Waals surface area contributed by atoms with Gasteiger partial charge in [0.05, 0.1) is 5.69 Å². The number of nitrogens with zero attached hydrogens (tertiary/aromatic N) is 3. The summed E-state index contributed by atoms with van der Waals surface area (Å²) in [5.41, 5.74) is -0.434. The second-order valence-corrected chi connectivity index (χ2v) is 4.74. The number of nitriles is 1. The van der Waals surface area contributed by atoms with Crippen molar-refractivity contribution in [2.45, 2.75) is 24.9 Å². The molecule has 1 fully saturated rings. The lowest BCUT2D eigenvalue weighted by Gasteiger charge is -2.04. The van der Waals surface area contributed by atoms with E-state index < -0.39 is 11.9 Å². The molecule has 1 aliphatic rings. The van der Waals surface area contributed by atoms with E-state index in [1.165, 1.54) is 0 Å². The van der Waals surface area contributed by atoms with E-state index in [0.717, 1.165) is 4.68 Å². The fraction of sp³-hybridized carbons (Fsp3) is 0.286. The zero-order valence-corrected chi connectivity index (χ0v) is 10.4. The third-order valence-electron chi connectivity index (χ3n) is 3.28. The molecule has 1 aliphatic carbocycles. The Morgan fingerprint density at radius 3 is 2.35 bits per heavy atom. The minimum atomic E-state index is -4.54. The van der Waals surface area contributed by atoms with E-state index in [2.05, 4.69) is 5.10 Å². The highest BCUT2D eigenvalue weighted by atomic mass is 19.4. The summed E-state index contributed by atoms with van der Waals surface area (Å²) in [6.07, 6.45) is -3.18. The second kappa shape index (κ2) is 4.37. The molecule has 3 nitrogen and oxygen atoms in total. The predicted octanol–water partition coefficient (Wildman–Crippen LogP) is 3.64. The molecule has 1 heterocycles. The van der Waals surface area contributed by atoms with Gasteiger partial charge in [0.2, 0.25) is 0 Å². The molecule has 0 unspecified atom stereocenters. The lowest BCUT2D eigenvalue weighted by Crippen LogP contribution is -2.09. The van der Waals surface area contributed by atoms with Crippen molar-refractivity contribution in [3.8, 4) is 11.8 Å². The van der Waals surface area contributed by atoms with E-state index in [1.807, 2.05) is 6.07 Å². The van der Waals surface area contributed by atoms with Gasteiger partial charge in [-0.1, -0.05) is 18.2 Å². The Hall–Kier alpha value is -2.29. The number of benzene rings is 1. The first-order chi connectivity index (χ1) is 9.52. The number of hydrogen-bond acceptors (Lipinski definition) is 2. The molecule has 0 atom stereocenters. The van der Waals surface area contributed by atoms with Crippen LogP contribution < -0.4 is 0 Å². The summed E-state index contributed by atoms with van der Waals surface area (Å²) in [6.45, 7) is 0. The quantitative estimate of drug-likeness (QED) is 0.841. The summed E-state index contributed by atoms with van der Waals surface area (Å²) in [4.78, 5) is 0. The van der Waals surface area contributed by atoms with E-state index in [0.29, 0.717) is 18.5 Å². The van der Waals surface area contributed by atoms with Crippen LogP contribution in [0.4, 0.5) is 13.2 Å². The summed E-state index contributed by atoms with van der Waals surface area (Å²) in [7, 11) is 0. The first kappa shape index (κ1) is 12.7. The fourth-order valence-corrected chi connectivity index (χ4v) is 2.26. The van der Waals surface area contributed by atoms with Crippen LogP contribution >= 0.6 is 0 Å². The molecule has 102 valence electrons. The van der Waals surface area contributed by atoms with Gasteiger partial charge in [-0.25, -0.2) is 4.68 Å². The highest BCUT2D eigenvalue weighted by Gasteiger charge is 2.44. The van der Waals surface area contributed by atoms with Gasteiger partial charge in [0.1, 0.15) is 11.8 Å². The summed E-state index contributed by atoms with van der Waals surface area (Å²) >= 11 is 0. The number of hydrogen-bond donors (Lipinski definition) is 0. The van der Waals surface area contributed by atoms with Crippen LogP contribution in [0.5, 0.6) is 0 Å². The Morgan fingerprint density at radius 1 is 1.20 bits per heavy atom. The van der Waals surface area contributed by atoms with Gasteiger partial charge in [0.15, 0.2) is 5.69 Å². The van der Waals surface area contributed by atoms with Crippen LogP contribution in [0.25, 0.3) is 5.69 Å². The smallest absolute Gasteiger partial charge is 0.222 e. The number of para-hydroxylation sites is 1. The third-order valence-corrected chi connectivity index (χ3v) is 3.28. The largest absolute Gasteiger partial charge is 0.435 e. The van der Waals surface area contributed by atoms with Crippen molar-refractivity contribution < 1.29 is 13.2 Å². The summed E-state index contributed by atoms with van der Waals surface area (Å²) in [5, 5.41) is 12.9. The van der Waals surface area contributed by atoms with E-state index in [1.54, 1.807) is 30.3 Å². The van der Waals surface area contributed by atoms with Gasteiger partial charge < -0.3 is 0 Å². The highest BCUT2D eigenvalue weighted by Crippen LogP contribution is 2.47. The lowest BCUT2D eigenvalue weighted by atomic mass is 10.1. The average molecular weight is 277 g/mol. The maximum Gasteiger partial charge on any atom is 0.435 e. The minimum absolute atomic E-state index is 0.00831. The van der Waals surface area contributed by atoms with E-state index in [4.69, 9.17) is 0 Å². The molecule has 2 aromatic rings. The molecular weight excluding hydrogens is 267 g/mol. The summed E-state index contributed by atoms with van der Waals surface area (Å²) in [6, 6.07) is 10.3. The Labute approximate surface area is 113 Å². The van der Waals surface area contributed by atoms with Crippen molar-refractivity contribution >= 4 is 0 Å². The Balaban J connectivity index is 2.24. The van der Waals surface area contributed by atoms with Gasteiger partial charge in [0, 0.05) is 5.56 Å². The Kier molecular flexibility index (Phi) is 2.78. The molecular formula is C14H10F3N3. The van der Waals surface area contributed by atoms with Gasteiger partial charge in [0.25, 0.3) is 0 Å². The number of rotatable bonds is 2. The fourth-order valence-electron chi connectivity index (χ4n) is 2.26. The molecule has 0 radical (unpaired) electrons. The normalized spacial score (nSPS) is 15.1. The monoisotopic (exact) mass is 277 g/mol. The maximum atomic E-state index is 13.1. The van der Waals surface area contributed by atoms with Crippen LogP contribution in [0.15, 0.2) is 30.3 Å². The molecule has 3 rings (SSSR count). The van der Waals surface area contributed by atoms with E-state index >= 15 is 0 Å². The van der Waals surface area contributed by atoms with Crippen molar-refractivity contribution in [2.75, 3.05) is 0 Å². The van der Waals surface area contributed by atoms with Crippen LogP contribution in [0.3, 0.4) is 0 Å². The van der Waals surface area contributed by atoms with Gasteiger partial charge in [-0.3, -0.25) is 0 Å². The number of aromatic nitrogens is 2. The first-order valence-electron chi connectivity index (χ1n) is 6.18. The Bertz CT molecular complexity index is 676. The van der Waals surface area contributed by atoms with Gasteiger partial charge >= 0.3 is 6.18 Å². The number of halogens is 3. The van der Waals surface area contributed by atoms with Crippen LogP contribution in [0.1, 0.15) is 35.7 Å². The van der Waals surface area contributed by atoms with Crippen molar-refractivity contribution in [2.24, 2.45) is 0 Å². The molecule has 1 saturated carbocycles. The zero-order valence-electron chi connectivity index (χ0n) is 10.4. The third kappa shape index (κ3) is 2.05. The molecule has 0 amide bonds. The van der Waals surface area contributed by atoms with Crippen LogP contribution in [0.2, 0.25) is 0 Å². The molecule has 0 aliphatic heterocycles. The van der Waals surface area contributed by atoms with Crippen LogP contribution in [0, 0.1) is 11.3 Å².